The van der Waals surface area contributed by atoms with Crippen molar-refractivity contribution < 1.29 is 14.4 Å². The van der Waals surface area contributed by atoms with Gasteiger partial charge >= 0.3 is 11.8 Å². The first-order valence-electron chi connectivity index (χ1n) is 9.40. The molecular weight excluding hydrogens is 348 g/mol. The number of hydrogen-bond donors (Lipinski definition) is 2. The predicted octanol–water partition coefficient (Wildman–Crippen LogP) is 1.17. The Balaban J connectivity index is 1.52. The van der Waals surface area contributed by atoms with E-state index in [1.165, 1.54) is 4.68 Å². The molecule has 142 valence electrons. The van der Waals surface area contributed by atoms with Crippen LogP contribution in [0.5, 0.6) is 0 Å². The highest BCUT2D eigenvalue weighted by molar-refractivity contribution is 6.39. The second-order valence-corrected chi connectivity index (χ2v) is 7.29. The van der Waals surface area contributed by atoms with Gasteiger partial charge in [0.2, 0.25) is 0 Å². The summed E-state index contributed by atoms with van der Waals surface area (Å²) in [5.41, 5.74) is 1.43. The summed E-state index contributed by atoms with van der Waals surface area (Å²) in [6.45, 7) is 1.75. The van der Waals surface area contributed by atoms with Gasteiger partial charge in [-0.25, -0.2) is 4.99 Å². The highest BCUT2D eigenvalue weighted by Crippen LogP contribution is 2.27. The van der Waals surface area contributed by atoms with E-state index < -0.39 is 11.8 Å². The van der Waals surface area contributed by atoms with E-state index in [-0.39, 0.29) is 29.6 Å². The third-order valence-corrected chi connectivity index (χ3v) is 5.24. The fraction of sp³-hybridized carbons (Fsp3) is 0.556. The van der Waals surface area contributed by atoms with Crippen LogP contribution in [0.15, 0.2) is 16.1 Å². The van der Waals surface area contributed by atoms with Crippen LogP contribution in [-0.2, 0) is 14.4 Å². The molecule has 4 rings (SSSR count). The minimum absolute atomic E-state index is 0.0564. The molecule has 2 heterocycles. The van der Waals surface area contributed by atoms with Gasteiger partial charge in [-0.1, -0.05) is 12.8 Å². The number of aliphatic imine (C=N–C) groups is 2. The summed E-state index contributed by atoms with van der Waals surface area (Å²) in [6.07, 6.45) is 6.38. The molecule has 0 radical (unpaired) electrons. The van der Waals surface area contributed by atoms with E-state index in [4.69, 9.17) is 0 Å². The minimum Gasteiger partial charge on any atom is -0.345 e. The smallest absolute Gasteiger partial charge is 0.314 e. The molecule has 1 unspecified atom stereocenters. The summed E-state index contributed by atoms with van der Waals surface area (Å²) in [6, 6.07) is 1.68. The van der Waals surface area contributed by atoms with E-state index >= 15 is 0 Å². The van der Waals surface area contributed by atoms with Crippen molar-refractivity contribution in [2.24, 2.45) is 15.9 Å². The molecule has 0 saturated heterocycles. The van der Waals surface area contributed by atoms with E-state index in [1.807, 2.05) is 0 Å². The number of hydrogen-bond acceptors (Lipinski definition) is 5. The number of aryl methyl sites for hydroxylation is 1. The minimum atomic E-state index is -0.766. The maximum absolute atomic E-state index is 12.3. The van der Waals surface area contributed by atoms with E-state index in [0.29, 0.717) is 5.69 Å². The van der Waals surface area contributed by atoms with Crippen molar-refractivity contribution in [2.45, 2.75) is 57.9 Å². The summed E-state index contributed by atoms with van der Waals surface area (Å²) >= 11 is 0. The average Bonchev–Trinajstić information content (AvgIpc) is 3.35. The van der Waals surface area contributed by atoms with E-state index in [9.17, 15) is 14.4 Å². The van der Waals surface area contributed by atoms with Gasteiger partial charge < -0.3 is 10.6 Å². The van der Waals surface area contributed by atoms with Crippen molar-refractivity contribution in [2.75, 3.05) is 5.32 Å². The quantitative estimate of drug-likeness (QED) is 0.760. The Bertz CT molecular complexity index is 862. The molecule has 2 aliphatic carbocycles. The Morgan fingerprint density at radius 1 is 1.11 bits per heavy atom. The summed E-state index contributed by atoms with van der Waals surface area (Å²) in [5.74, 6) is -1.48. The number of rotatable bonds is 2. The van der Waals surface area contributed by atoms with Gasteiger partial charge in [-0.3, -0.25) is 14.4 Å². The molecule has 2 fully saturated rings. The zero-order valence-corrected chi connectivity index (χ0v) is 15.2. The Kier molecular flexibility index (Phi) is 4.59. The Morgan fingerprint density at radius 2 is 1.89 bits per heavy atom. The van der Waals surface area contributed by atoms with E-state index in [1.54, 1.807) is 13.0 Å². The number of nitrogens with one attached hydrogen (secondary N) is 2. The summed E-state index contributed by atoms with van der Waals surface area (Å²) < 4.78 is 1.32. The molecule has 9 heteroatoms. The zero-order chi connectivity index (χ0) is 19.0. The lowest BCUT2D eigenvalue weighted by Gasteiger charge is -2.15. The zero-order valence-electron chi connectivity index (χ0n) is 15.2. The van der Waals surface area contributed by atoms with Gasteiger partial charge in [0.1, 0.15) is 5.82 Å². The number of fused-ring (bicyclic) bond motifs is 1. The van der Waals surface area contributed by atoms with Crippen molar-refractivity contribution in [1.29, 1.82) is 0 Å². The fourth-order valence-corrected chi connectivity index (χ4v) is 3.89. The standard InChI is InChI=1S/C18H22N6O3/c1-10-9-14(21-17(27)16(26)19-11-5-2-3-6-11)24(23-10)18-20-13-8-4-7-12(13)15(25)22-18/h9,11-12H,2-8H2,1H3,(H,19,26)(H,21,27). The van der Waals surface area contributed by atoms with Crippen molar-refractivity contribution in [3.05, 3.63) is 11.8 Å². The van der Waals surface area contributed by atoms with Crippen LogP contribution in [0.4, 0.5) is 5.82 Å². The first-order chi connectivity index (χ1) is 13.0. The van der Waals surface area contributed by atoms with E-state index in [0.717, 1.165) is 50.7 Å². The molecule has 0 aromatic carbocycles. The molecule has 1 aromatic rings. The van der Waals surface area contributed by atoms with Gasteiger partial charge in [0.25, 0.3) is 11.9 Å². The third kappa shape index (κ3) is 3.54. The lowest BCUT2D eigenvalue weighted by Crippen LogP contribution is -2.41. The topological polar surface area (TPSA) is 118 Å². The SMILES string of the molecule is Cc1cc(NC(=O)C(=O)NC2CCCC2)n(C2=NC(=O)C3CCCC3=N2)n1. The lowest BCUT2D eigenvalue weighted by atomic mass is 10.1. The Labute approximate surface area is 156 Å². The molecule has 0 spiro atoms. The molecule has 27 heavy (non-hydrogen) atoms. The highest BCUT2D eigenvalue weighted by Gasteiger charge is 2.34. The molecule has 9 nitrogen and oxygen atoms in total. The van der Waals surface area contributed by atoms with Crippen LogP contribution in [0.3, 0.4) is 0 Å². The maximum Gasteiger partial charge on any atom is 0.314 e. The number of carbonyl (C=O) groups excluding carboxylic acids is 3. The van der Waals surface area contributed by atoms with Gasteiger partial charge in [0, 0.05) is 17.8 Å². The first-order valence-corrected chi connectivity index (χ1v) is 9.40. The van der Waals surface area contributed by atoms with Gasteiger partial charge in [0.15, 0.2) is 0 Å². The molecule has 2 N–H and O–H groups in total. The summed E-state index contributed by atoms with van der Waals surface area (Å²) in [7, 11) is 0. The van der Waals surface area contributed by atoms with Gasteiger partial charge in [0.05, 0.1) is 11.6 Å². The van der Waals surface area contributed by atoms with Gasteiger partial charge in [-0.15, -0.1) is 0 Å². The van der Waals surface area contributed by atoms with Gasteiger partial charge in [-0.2, -0.15) is 14.8 Å². The van der Waals surface area contributed by atoms with Crippen molar-refractivity contribution >= 4 is 35.2 Å². The predicted molar refractivity (Wildman–Crippen MR) is 98.6 cm³/mol. The lowest BCUT2D eigenvalue weighted by molar-refractivity contribution is -0.136. The number of carbonyl (C=O) groups is 3. The van der Waals surface area contributed by atoms with Gasteiger partial charge in [-0.05, 0) is 39.0 Å². The third-order valence-electron chi connectivity index (χ3n) is 5.24. The van der Waals surface area contributed by atoms with Crippen molar-refractivity contribution in [1.82, 2.24) is 15.1 Å². The Morgan fingerprint density at radius 3 is 2.67 bits per heavy atom. The van der Waals surface area contributed by atoms with Crippen molar-refractivity contribution in [3.8, 4) is 0 Å². The highest BCUT2D eigenvalue weighted by atomic mass is 16.2. The van der Waals surface area contributed by atoms with Crippen LogP contribution in [0.2, 0.25) is 0 Å². The molecule has 1 atom stereocenters. The number of amides is 3. The molecule has 1 aliphatic heterocycles. The molecule has 0 bridgehead atoms. The van der Waals surface area contributed by atoms with Crippen LogP contribution in [0, 0.1) is 12.8 Å². The average molecular weight is 370 g/mol. The first kappa shape index (κ1) is 17.6. The van der Waals surface area contributed by atoms with Crippen LogP contribution < -0.4 is 10.6 Å². The molecular formula is C18H22N6O3. The number of aromatic nitrogens is 2. The van der Waals surface area contributed by atoms with Crippen LogP contribution in [0.1, 0.15) is 50.6 Å². The largest absolute Gasteiger partial charge is 0.345 e. The normalized spacial score (nSPS) is 22.3. The fourth-order valence-electron chi connectivity index (χ4n) is 3.89. The van der Waals surface area contributed by atoms with Crippen LogP contribution >= 0.6 is 0 Å². The summed E-state index contributed by atoms with van der Waals surface area (Å²) in [5, 5.41) is 9.59. The van der Waals surface area contributed by atoms with Crippen molar-refractivity contribution in [3.63, 3.8) is 0 Å². The monoisotopic (exact) mass is 370 g/mol. The molecule has 1 aromatic heterocycles. The van der Waals surface area contributed by atoms with Crippen LogP contribution in [-0.4, -0.2) is 45.2 Å². The maximum atomic E-state index is 12.3. The second kappa shape index (κ2) is 7.05. The summed E-state index contributed by atoms with van der Waals surface area (Å²) in [4.78, 5) is 45.2. The van der Waals surface area contributed by atoms with Crippen LogP contribution in [0.25, 0.3) is 0 Å². The molecule has 3 aliphatic rings. The molecule has 3 amide bonds. The molecule has 2 saturated carbocycles. The number of nitrogens with zero attached hydrogens (tertiary/aromatic N) is 4. The Hall–Kier alpha value is -2.84. The second-order valence-electron chi connectivity index (χ2n) is 7.29. The number of anilines is 1. The van der Waals surface area contributed by atoms with E-state index in [2.05, 4.69) is 25.7 Å².